The van der Waals surface area contributed by atoms with E-state index in [4.69, 9.17) is 21.1 Å². The lowest BCUT2D eigenvalue weighted by atomic mass is 9.88. The number of rotatable bonds is 6. The lowest BCUT2D eigenvalue weighted by Crippen LogP contribution is -2.41. The van der Waals surface area contributed by atoms with E-state index in [2.05, 4.69) is 18.2 Å². The van der Waals surface area contributed by atoms with E-state index >= 15 is 0 Å². The number of halogens is 1. The fourth-order valence-corrected chi connectivity index (χ4v) is 5.52. The summed E-state index contributed by atoms with van der Waals surface area (Å²) >= 11 is 7.19. The van der Waals surface area contributed by atoms with Crippen molar-refractivity contribution in [3.8, 4) is 16.9 Å². The van der Waals surface area contributed by atoms with Gasteiger partial charge in [0, 0.05) is 12.1 Å². The first-order valence-electron chi connectivity index (χ1n) is 13.9. The highest BCUT2D eigenvalue weighted by molar-refractivity contribution is 6.34. The van der Waals surface area contributed by atoms with Gasteiger partial charge in [0.1, 0.15) is 18.0 Å². The van der Waals surface area contributed by atoms with Crippen LogP contribution in [0.25, 0.3) is 11.1 Å². The molecule has 4 aromatic carbocycles. The van der Waals surface area contributed by atoms with E-state index in [9.17, 15) is 9.59 Å². The summed E-state index contributed by atoms with van der Waals surface area (Å²) in [6.07, 6.45) is 0.570. The van der Waals surface area contributed by atoms with Crippen LogP contribution < -0.4 is 4.74 Å². The first-order chi connectivity index (χ1) is 19.7. The molecule has 5 rings (SSSR count). The van der Waals surface area contributed by atoms with Crippen molar-refractivity contribution in [1.82, 2.24) is 4.90 Å². The average molecular weight is 568 g/mol. The van der Waals surface area contributed by atoms with Crippen LogP contribution in [-0.2, 0) is 35.4 Å². The van der Waals surface area contributed by atoms with Crippen molar-refractivity contribution in [2.75, 3.05) is 6.54 Å². The van der Waals surface area contributed by atoms with E-state index in [1.807, 2.05) is 72.8 Å². The second-order valence-electron chi connectivity index (χ2n) is 11.3. The van der Waals surface area contributed by atoms with Gasteiger partial charge in [-0.2, -0.15) is 0 Å². The molecule has 0 unspecified atom stereocenters. The standard InChI is InChI=1S/C35H34ClNO4/c1-35(2,3)41-34(39)37-19-18-30-27(22-31(37)38)21-28(20-24-10-6-4-7-11-24)32(33(30)36)26-14-16-29(17-15-26)40-23-25-12-8-5-9-13-25/h4-17,21H,18-20,22-23H2,1-3H3. The molecule has 41 heavy (non-hydrogen) atoms. The molecular formula is C35H34ClNO4. The van der Waals surface area contributed by atoms with Crippen LogP contribution in [0.15, 0.2) is 91.0 Å². The number of hydrogen-bond acceptors (Lipinski definition) is 4. The molecule has 1 heterocycles. The van der Waals surface area contributed by atoms with Crippen LogP contribution in [0.2, 0.25) is 5.02 Å². The predicted octanol–water partition coefficient (Wildman–Crippen LogP) is 8.04. The van der Waals surface area contributed by atoms with E-state index < -0.39 is 11.7 Å². The maximum absolute atomic E-state index is 13.2. The van der Waals surface area contributed by atoms with Gasteiger partial charge in [0.15, 0.2) is 0 Å². The van der Waals surface area contributed by atoms with Gasteiger partial charge in [0.05, 0.1) is 11.4 Å². The van der Waals surface area contributed by atoms with Crippen LogP contribution in [0.3, 0.4) is 0 Å². The van der Waals surface area contributed by atoms with Gasteiger partial charge < -0.3 is 9.47 Å². The molecule has 0 aromatic heterocycles. The molecule has 1 aliphatic rings. The average Bonchev–Trinajstić information content (AvgIpc) is 3.11. The number of carbonyl (C=O) groups is 2. The Hall–Kier alpha value is -4.09. The van der Waals surface area contributed by atoms with Gasteiger partial charge in [-0.15, -0.1) is 0 Å². The molecule has 0 spiro atoms. The summed E-state index contributed by atoms with van der Waals surface area (Å²) in [7, 11) is 0. The SMILES string of the molecule is CC(C)(C)OC(=O)N1CCc2c(cc(Cc3ccccc3)c(-c3ccc(OCc4ccccc4)cc3)c2Cl)CC1=O. The number of hydrogen-bond donors (Lipinski definition) is 0. The van der Waals surface area contributed by atoms with Crippen molar-refractivity contribution >= 4 is 23.6 Å². The minimum absolute atomic E-state index is 0.0859. The van der Waals surface area contributed by atoms with E-state index in [-0.39, 0.29) is 18.9 Å². The molecule has 0 bridgehead atoms. The highest BCUT2D eigenvalue weighted by atomic mass is 35.5. The normalized spacial score (nSPS) is 13.4. The topological polar surface area (TPSA) is 55.8 Å². The Morgan fingerprint density at radius 2 is 1.54 bits per heavy atom. The number of imide groups is 1. The summed E-state index contributed by atoms with van der Waals surface area (Å²) in [4.78, 5) is 27.2. The molecule has 4 aromatic rings. The largest absolute Gasteiger partial charge is 0.489 e. The van der Waals surface area contributed by atoms with Crippen molar-refractivity contribution in [1.29, 1.82) is 0 Å². The Morgan fingerprint density at radius 3 is 2.17 bits per heavy atom. The number of benzene rings is 4. The van der Waals surface area contributed by atoms with Crippen LogP contribution in [0.1, 0.15) is 48.6 Å². The summed E-state index contributed by atoms with van der Waals surface area (Å²) in [6, 6.07) is 30.3. The highest BCUT2D eigenvalue weighted by Gasteiger charge is 2.31. The smallest absolute Gasteiger partial charge is 0.417 e. The van der Waals surface area contributed by atoms with Gasteiger partial charge in [0.25, 0.3) is 0 Å². The molecule has 6 heteroatoms. The molecule has 0 aliphatic carbocycles. The van der Waals surface area contributed by atoms with Crippen molar-refractivity contribution in [3.05, 3.63) is 124 Å². The van der Waals surface area contributed by atoms with Crippen LogP contribution in [0.4, 0.5) is 4.79 Å². The van der Waals surface area contributed by atoms with Gasteiger partial charge in [-0.05, 0) is 79.1 Å². The van der Waals surface area contributed by atoms with Crippen molar-refractivity contribution < 1.29 is 19.1 Å². The van der Waals surface area contributed by atoms with E-state index in [1.54, 1.807) is 20.8 Å². The maximum atomic E-state index is 13.2. The van der Waals surface area contributed by atoms with E-state index in [0.29, 0.717) is 24.5 Å². The maximum Gasteiger partial charge on any atom is 0.417 e. The summed E-state index contributed by atoms with van der Waals surface area (Å²) in [6.45, 7) is 6.07. The zero-order valence-electron chi connectivity index (χ0n) is 23.7. The monoisotopic (exact) mass is 567 g/mol. The van der Waals surface area contributed by atoms with Crippen LogP contribution in [-0.4, -0.2) is 29.0 Å². The highest BCUT2D eigenvalue weighted by Crippen LogP contribution is 2.39. The minimum atomic E-state index is -0.693. The molecule has 210 valence electrons. The Kier molecular flexibility index (Phi) is 8.46. The fraction of sp³-hybridized carbons (Fsp3) is 0.257. The Morgan fingerprint density at radius 1 is 0.902 bits per heavy atom. The van der Waals surface area contributed by atoms with Crippen molar-refractivity contribution in [2.45, 2.75) is 52.2 Å². The fourth-order valence-electron chi connectivity index (χ4n) is 5.07. The molecule has 1 aliphatic heterocycles. The number of carbonyl (C=O) groups excluding carboxylic acids is 2. The Bertz CT molecular complexity index is 1530. The third-order valence-corrected chi connectivity index (χ3v) is 7.43. The predicted molar refractivity (Wildman–Crippen MR) is 162 cm³/mol. The lowest BCUT2D eigenvalue weighted by Gasteiger charge is -2.25. The molecule has 0 N–H and O–H groups in total. The van der Waals surface area contributed by atoms with Gasteiger partial charge in [-0.1, -0.05) is 90.5 Å². The molecule has 0 saturated carbocycles. The first kappa shape index (κ1) is 28.4. The number of amides is 2. The Labute approximate surface area is 246 Å². The summed E-state index contributed by atoms with van der Waals surface area (Å²) in [5.74, 6) is 0.485. The number of fused-ring (bicyclic) bond motifs is 1. The summed E-state index contributed by atoms with van der Waals surface area (Å²) in [5.41, 5.74) is 6.22. The second-order valence-corrected chi connectivity index (χ2v) is 11.7. The third-order valence-electron chi connectivity index (χ3n) is 7.01. The van der Waals surface area contributed by atoms with Crippen LogP contribution in [0, 0.1) is 0 Å². The molecular weight excluding hydrogens is 534 g/mol. The molecule has 0 atom stereocenters. The summed E-state index contributed by atoms with van der Waals surface area (Å²) in [5, 5.41) is 0.616. The van der Waals surface area contributed by atoms with Crippen molar-refractivity contribution in [3.63, 3.8) is 0 Å². The first-order valence-corrected chi connectivity index (χ1v) is 14.2. The number of ether oxygens (including phenoxy) is 2. The summed E-state index contributed by atoms with van der Waals surface area (Å²) < 4.78 is 11.5. The zero-order valence-corrected chi connectivity index (χ0v) is 24.4. The molecule has 2 amide bonds. The van der Waals surface area contributed by atoms with Gasteiger partial charge in [-0.3, -0.25) is 4.79 Å². The quantitative estimate of drug-likeness (QED) is 0.236. The lowest BCUT2D eigenvalue weighted by molar-refractivity contribution is -0.129. The van der Waals surface area contributed by atoms with E-state index in [1.165, 1.54) is 4.90 Å². The van der Waals surface area contributed by atoms with E-state index in [0.717, 1.165) is 44.7 Å². The third kappa shape index (κ3) is 6.98. The van der Waals surface area contributed by atoms with Gasteiger partial charge in [-0.25, -0.2) is 9.69 Å². The van der Waals surface area contributed by atoms with Gasteiger partial charge in [0.2, 0.25) is 5.91 Å². The van der Waals surface area contributed by atoms with Gasteiger partial charge >= 0.3 is 6.09 Å². The second kappa shape index (κ2) is 12.2. The molecule has 0 saturated heterocycles. The van der Waals surface area contributed by atoms with Crippen molar-refractivity contribution in [2.24, 2.45) is 0 Å². The molecule has 0 radical (unpaired) electrons. The van der Waals surface area contributed by atoms with Crippen LogP contribution >= 0.6 is 11.6 Å². The zero-order chi connectivity index (χ0) is 29.0. The molecule has 5 nitrogen and oxygen atoms in total. The number of nitrogens with zero attached hydrogens (tertiary/aromatic N) is 1. The van der Waals surface area contributed by atoms with Crippen LogP contribution in [0.5, 0.6) is 5.75 Å². The minimum Gasteiger partial charge on any atom is -0.489 e. The Balaban J connectivity index is 1.48. The molecule has 0 fully saturated rings.